The summed E-state index contributed by atoms with van der Waals surface area (Å²) < 4.78 is 16.6. The van der Waals surface area contributed by atoms with Crippen LogP contribution in [0.4, 0.5) is 0 Å². The number of nitrogens with one attached hydrogen (secondary N) is 2. The fourth-order valence-electron chi connectivity index (χ4n) is 2.80. The van der Waals surface area contributed by atoms with Crippen molar-refractivity contribution in [2.24, 2.45) is 5.10 Å². The number of nitrogens with zero attached hydrogens (tertiary/aromatic N) is 1. The van der Waals surface area contributed by atoms with Gasteiger partial charge in [-0.25, -0.2) is 5.43 Å². The molecule has 2 heterocycles. The highest BCUT2D eigenvalue weighted by atomic mass is 16.5. The molecule has 1 saturated heterocycles. The lowest BCUT2D eigenvalue weighted by Gasteiger charge is -2.22. The van der Waals surface area contributed by atoms with Gasteiger partial charge in [-0.2, -0.15) is 5.10 Å². The van der Waals surface area contributed by atoms with Crippen LogP contribution in [0.25, 0.3) is 0 Å². The summed E-state index contributed by atoms with van der Waals surface area (Å²) in [5.74, 6) is 1.49. The number of benzene rings is 1. The highest BCUT2D eigenvalue weighted by Gasteiger charge is 2.17. The Hall–Kier alpha value is -2.64. The first-order valence-corrected chi connectivity index (χ1v) is 9.20. The van der Waals surface area contributed by atoms with Crippen LogP contribution in [0.1, 0.15) is 35.7 Å². The molecule has 0 saturated carbocycles. The lowest BCUT2D eigenvalue weighted by molar-refractivity contribution is -0.922. The lowest BCUT2D eigenvalue weighted by atomic mass is 10.2. The van der Waals surface area contributed by atoms with E-state index in [2.05, 4.69) is 10.5 Å². The maximum Gasteiger partial charge on any atom is 0.307 e. The van der Waals surface area contributed by atoms with E-state index in [1.54, 1.807) is 12.3 Å². The van der Waals surface area contributed by atoms with Crippen LogP contribution in [0.5, 0.6) is 5.75 Å². The molecule has 27 heavy (non-hydrogen) atoms. The van der Waals surface area contributed by atoms with Gasteiger partial charge in [0.05, 0.1) is 25.5 Å². The number of rotatable bonds is 7. The molecule has 1 aromatic carbocycles. The summed E-state index contributed by atoms with van der Waals surface area (Å²) in [5, 5.41) is 3.99. The van der Waals surface area contributed by atoms with Crippen molar-refractivity contribution < 1.29 is 23.6 Å². The molecule has 0 atom stereocenters. The van der Waals surface area contributed by atoms with Crippen molar-refractivity contribution >= 4 is 12.1 Å². The minimum absolute atomic E-state index is 0.131. The molecular formula is C20H26N3O4+. The van der Waals surface area contributed by atoms with Crippen molar-refractivity contribution in [1.82, 2.24) is 5.43 Å². The average Bonchev–Trinajstić information content (AvgIpc) is 3.12. The van der Waals surface area contributed by atoms with E-state index in [-0.39, 0.29) is 17.8 Å². The Morgan fingerprint density at radius 3 is 2.67 bits per heavy atom. The predicted octanol–water partition coefficient (Wildman–Crippen LogP) is 1.25. The first-order valence-electron chi connectivity index (χ1n) is 9.20. The topological polar surface area (TPSA) is 77.5 Å². The van der Waals surface area contributed by atoms with E-state index in [0.29, 0.717) is 0 Å². The quantitative estimate of drug-likeness (QED) is 0.566. The maximum absolute atomic E-state index is 12.2. The van der Waals surface area contributed by atoms with Crippen molar-refractivity contribution in [2.45, 2.75) is 26.5 Å². The number of hydrogen-bond acceptors (Lipinski definition) is 5. The van der Waals surface area contributed by atoms with E-state index in [9.17, 15) is 4.79 Å². The number of quaternary nitrogens is 1. The van der Waals surface area contributed by atoms with Gasteiger partial charge in [0, 0.05) is 0 Å². The normalized spacial score (nSPS) is 15.4. The van der Waals surface area contributed by atoms with Crippen LogP contribution in [-0.2, 0) is 11.3 Å². The minimum atomic E-state index is -0.366. The zero-order valence-electron chi connectivity index (χ0n) is 15.7. The summed E-state index contributed by atoms with van der Waals surface area (Å²) in [6.07, 6.45) is 1.71. The van der Waals surface area contributed by atoms with Crippen molar-refractivity contribution in [3.05, 3.63) is 53.5 Å². The number of hydrazone groups is 1. The number of carbonyl (C=O) groups is 1. The van der Waals surface area contributed by atoms with E-state index in [1.807, 2.05) is 44.2 Å². The smallest absolute Gasteiger partial charge is 0.307 e. The third-order valence-corrected chi connectivity index (χ3v) is 4.14. The van der Waals surface area contributed by atoms with Crippen LogP contribution in [0.3, 0.4) is 0 Å². The van der Waals surface area contributed by atoms with E-state index in [4.69, 9.17) is 13.9 Å². The second-order valence-electron chi connectivity index (χ2n) is 6.74. The van der Waals surface area contributed by atoms with Crippen molar-refractivity contribution in [3.63, 3.8) is 0 Å². The Morgan fingerprint density at radius 1 is 1.22 bits per heavy atom. The molecule has 7 heteroatoms. The molecule has 1 aliphatic rings. The van der Waals surface area contributed by atoms with Crippen LogP contribution < -0.4 is 15.1 Å². The molecule has 2 N–H and O–H groups in total. The Kier molecular flexibility index (Phi) is 6.62. The summed E-state index contributed by atoms with van der Waals surface area (Å²) in [6, 6.07) is 11.0. The van der Waals surface area contributed by atoms with Crippen molar-refractivity contribution in [2.75, 3.05) is 26.3 Å². The van der Waals surface area contributed by atoms with Gasteiger partial charge in [0.2, 0.25) is 0 Å². The van der Waals surface area contributed by atoms with E-state index < -0.39 is 0 Å². The Labute approximate surface area is 158 Å². The summed E-state index contributed by atoms with van der Waals surface area (Å²) in [5.41, 5.74) is 3.35. The van der Waals surface area contributed by atoms with Gasteiger partial charge in [-0.3, -0.25) is 4.79 Å². The van der Waals surface area contributed by atoms with Crippen LogP contribution in [0.15, 0.2) is 45.9 Å². The Balaban J connectivity index is 1.49. The van der Waals surface area contributed by atoms with Crippen LogP contribution in [-0.4, -0.2) is 44.5 Å². The maximum atomic E-state index is 12.2. The van der Waals surface area contributed by atoms with Crippen LogP contribution in [0.2, 0.25) is 0 Å². The lowest BCUT2D eigenvalue weighted by Crippen LogP contribution is -3.12. The highest BCUT2D eigenvalue weighted by molar-refractivity contribution is 5.92. The standard InChI is InChI=1S/C20H25N3O4/c1-15(2)26-17-5-3-16(4-6-17)13-21-22-20(24)19-8-7-18(27-19)14-23-9-11-25-12-10-23/h3-8,13,15H,9-12,14H2,1-2H3,(H,22,24)/p+1/b21-13-. The predicted molar refractivity (Wildman–Crippen MR) is 101 cm³/mol. The molecule has 0 aliphatic carbocycles. The summed E-state index contributed by atoms with van der Waals surface area (Å²) in [7, 11) is 0. The van der Waals surface area contributed by atoms with E-state index in [0.717, 1.165) is 49.9 Å². The number of carbonyl (C=O) groups excluding carboxylic acids is 1. The fraction of sp³-hybridized carbons (Fsp3) is 0.400. The third-order valence-electron chi connectivity index (χ3n) is 4.14. The second-order valence-corrected chi connectivity index (χ2v) is 6.74. The number of hydrogen-bond donors (Lipinski definition) is 2. The molecule has 1 fully saturated rings. The first kappa shape index (κ1) is 19.1. The summed E-state index contributed by atoms with van der Waals surface area (Å²) in [6.45, 7) is 8.15. The Morgan fingerprint density at radius 2 is 1.96 bits per heavy atom. The van der Waals surface area contributed by atoms with Crippen molar-refractivity contribution in [1.29, 1.82) is 0 Å². The first-order chi connectivity index (χ1) is 13.1. The van der Waals surface area contributed by atoms with Crippen LogP contribution in [0, 0.1) is 0 Å². The molecule has 0 radical (unpaired) electrons. The molecule has 7 nitrogen and oxygen atoms in total. The molecular weight excluding hydrogens is 346 g/mol. The largest absolute Gasteiger partial charge is 0.491 e. The number of amides is 1. The number of ether oxygens (including phenoxy) is 2. The van der Waals surface area contributed by atoms with E-state index in [1.165, 1.54) is 4.90 Å². The Bertz CT molecular complexity index is 762. The third kappa shape index (κ3) is 5.94. The molecule has 0 unspecified atom stereocenters. The molecule has 0 bridgehead atoms. The molecule has 3 rings (SSSR count). The van der Waals surface area contributed by atoms with Gasteiger partial charge in [0.1, 0.15) is 25.4 Å². The fourth-order valence-corrected chi connectivity index (χ4v) is 2.80. The monoisotopic (exact) mass is 372 g/mol. The van der Waals surface area contributed by atoms with Gasteiger partial charge in [-0.1, -0.05) is 0 Å². The highest BCUT2D eigenvalue weighted by Crippen LogP contribution is 2.12. The number of morpholine rings is 1. The van der Waals surface area contributed by atoms with Gasteiger partial charge in [0.25, 0.3) is 0 Å². The summed E-state index contributed by atoms with van der Waals surface area (Å²) in [4.78, 5) is 13.5. The van der Waals surface area contributed by atoms with Gasteiger partial charge >= 0.3 is 5.91 Å². The van der Waals surface area contributed by atoms with Gasteiger partial charge < -0.3 is 18.8 Å². The zero-order valence-corrected chi connectivity index (χ0v) is 15.7. The zero-order chi connectivity index (χ0) is 19.1. The molecule has 1 aromatic heterocycles. The SMILES string of the molecule is CC(C)Oc1ccc(/C=N\NC(=O)c2ccc(C[NH+]3CCOCC3)o2)cc1. The van der Waals surface area contributed by atoms with Gasteiger partial charge in [-0.15, -0.1) is 0 Å². The summed E-state index contributed by atoms with van der Waals surface area (Å²) >= 11 is 0. The van der Waals surface area contributed by atoms with Gasteiger partial charge in [-0.05, 0) is 55.8 Å². The van der Waals surface area contributed by atoms with E-state index >= 15 is 0 Å². The van der Waals surface area contributed by atoms with Gasteiger partial charge in [0.15, 0.2) is 11.5 Å². The number of furan rings is 1. The molecule has 2 aromatic rings. The molecule has 1 aliphatic heterocycles. The minimum Gasteiger partial charge on any atom is -0.491 e. The average molecular weight is 372 g/mol. The van der Waals surface area contributed by atoms with Crippen molar-refractivity contribution in [3.8, 4) is 5.75 Å². The molecule has 144 valence electrons. The van der Waals surface area contributed by atoms with Crippen LogP contribution >= 0.6 is 0 Å². The molecule has 0 spiro atoms. The second kappa shape index (κ2) is 9.34. The molecule has 1 amide bonds.